The van der Waals surface area contributed by atoms with Gasteiger partial charge in [0.2, 0.25) is 5.89 Å². The zero-order valence-corrected chi connectivity index (χ0v) is 11.7. The monoisotopic (exact) mass is 318 g/mol. The van der Waals surface area contributed by atoms with Crippen LogP contribution < -0.4 is 5.73 Å². The van der Waals surface area contributed by atoms with E-state index in [0.717, 1.165) is 10.7 Å². The van der Waals surface area contributed by atoms with E-state index in [1.54, 1.807) is 12.1 Å². The molecule has 2 aromatic rings. The molecule has 0 aliphatic carbocycles. The summed E-state index contributed by atoms with van der Waals surface area (Å²) in [5.41, 5.74) is 7.15. The minimum absolute atomic E-state index is 0.160. The molecule has 1 aromatic carbocycles. The van der Waals surface area contributed by atoms with Gasteiger partial charge in [-0.2, -0.15) is 0 Å². The average Bonchev–Trinajstić information content (AvgIpc) is 2.58. The zero-order chi connectivity index (χ0) is 12.8. The minimum atomic E-state index is -3.24. The lowest BCUT2D eigenvalue weighted by atomic mass is 10.3. The van der Waals surface area contributed by atoms with E-state index in [2.05, 4.69) is 20.9 Å². The molecular weight excluding hydrogens is 308 g/mol. The number of aromatic nitrogens is 1. The lowest BCUT2D eigenvalue weighted by Crippen LogP contribution is -2.07. The molecule has 92 valence electrons. The van der Waals surface area contributed by atoms with Gasteiger partial charge in [-0.1, -0.05) is 15.9 Å². The van der Waals surface area contributed by atoms with Crippen molar-refractivity contribution in [2.75, 3.05) is 12.0 Å². The van der Waals surface area contributed by atoms with Crippen molar-refractivity contribution in [1.29, 1.82) is 0 Å². The van der Waals surface area contributed by atoms with Crippen molar-refractivity contribution in [2.45, 2.75) is 12.2 Å². The molecule has 0 bridgehead atoms. The summed E-state index contributed by atoms with van der Waals surface area (Å²) in [5, 5.41) is -0.784. The molecular formula is C10H11BrN2O3S. The maximum atomic E-state index is 11.4. The molecule has 2 rings (SSSR count). The number of hydrogen-bond acceptors (Lipinski definition) is 5. The van der Waals surface area contributed by atoms with Gasteiger partial charge in [0.1, 0.15) is 10.8 Å². The molecule has 0 amide bonds. The molecule has 17 heavy (non-hydrogen) atoms. The first-order valence-corrected chi connectivity index (χ1v) is 7.58. The summed E-state index contributed by atoms with van der Waals surface area (Å²) < 4.78 is 29.0. The van der Waals surface area contributed by atoms with Gasteiger partial charge in [0.05, 0.1) is 5.69 Å². The predicted octanol–water partition coefficient (Wildman–Crippen LogP) is 2.28. The minimum Gasteiger partial charge on any atom is -0.437 e. The number of fused-ring (bicyclic) bond motifs is 1. The number of nitrogens with two attached hydrogens (primary N) is 1. The van der Waals surface area contributed by atoms with Crippen LogP contribution in [-0.2, 0) is 9.84 Å². The topological polar surface area (TPSA) is 86.2 Å². The second-order valence-electron chi connectivity index (χ2n) is 3.87. The van der Waals surface area contributed by atoms with Gasteiger partial charge in [0, 0.05) is 10.7 Å². The SMILES string of the molecule is CC(c1nc2cc(Br)cc(N)c2o1)S(C)(=O)=O. The zero-order valence-electron chi connectivity index (χ0n) is 9.27. The average molecular weight is 319 g/mol. The Bertz CT molecular complexity index is 678. The Morgan fingerprint density at radius 3 is 2.71 bits per heavy atom. The summed E-state index contributed by atoms with van der Waals surface area (Å²) in [6, 6.07) is 3.41. The number of nitrogen functional groups attached to an aromatic ring is 1. The molecule has 1 unspecified atom stereocenters. The summed E-state index contributed by atoms with van der Waals surface area (Å²) in [5.74, 6) is 0.160. The van der Waals surface area contributed by atoms with Gasteiger partial charge in [-0.15, -0.1) is 0 Å². The van der Waals surface area contributed by atoms with E-state index in [1.807, 2.05) is 0 Å². The molecule has 0 radical (unpaired) electrons. The Morgan fingerprint density at radius 2 is 2.12 bits per heavy atom. The van der Waals surface area contributed by atoms with Crippen LogP contribution in [0.1, 0.15) is 18.1 Å². The highest BCUT2D eigenvalue weighted by Gasteiger charge is 2.23. The van der Waals surface area contributed by atoms with Gasteiger partial charge >= 0.3 is 0 Å². The van der Waals surface area contributed by atoms with Crippen LogP contribution in [0.2, 0.25) is 0 Å². The Morgan fingerprint density at radius 1 is 1.47 bits per heavy atom. The largest absolute Gasteiger partial charge is 0.437 e. The maximum absolute atomic E-state index is 11.4. The van der Waals surface area contributed by atoms with Gasteiger partial charge in [0.15, 0.2) is 15.4 Å². The Hall–Kier alpha value is -1.08. The smallest absolute Gasteiger partial charge is 0.213 e. The molecule has 0 aliphatic heterocycles. The lowest BCUT2D eigenvalue weighted by Gasteiger charge is -2.02. The number of benzene rings is 1. The Balaban J connectivity index is 2.63. The van der Waals surface area contributed by atoms with Crippen molar-refractivity contribution in [2.24, 2.45) is 0 Å². The van der Waals surface area contributed by atoms with Gasteiger partial charge in [-0.05, 0) is 19.1 Å². The lowest BCUT2D eigenvalue weighted by molar-refractivity contribution is 0.516. The number of halogens is 1. The highest BCUT2D eigenvalue weighted by molar-refractivity contribution is 9.10. The molecule has 0 saturated heterocycles. The summed E-state index contributed by atoms with van der Waals surface area (Å²) in [6.45, 7) is 1.53. The van der Waals surface area contributed by atoms with Crippen molar-refractivity contribution in [1.82, 2.24) is 4.98 Å². The quantitative estimate of drug-likeness (QED) is 0.858. The van der Waals surface area contributed by atoms with E-state index in [0.29, 0.717) is 16.8 Å². The fraction of sp³-hybridized carbons (Fsp3) is 0.300. The summed E-state index contributed by atoms with van der Waals surface area (Å²) >= 11 is 3.29. The molecule has 0 aliphatic rings. The highest BCUT2D eigenvalue weighted by atomic mass is 79.9. The molecule has 7 heteroatoms. The van der Waals surface area contributed by atoms with Gasteiger partial charge in [-0.25, -0.2) is 13.4 Å². The van der Waals surface area contributed by atoms with Crippen molar-refractivity contribution < 1.29 is 12.8 Å². The van der Waals surface area contributed by atoms with Crippen LogP contribution in [-0.4, -0.2) is 19.7 Å². The van der Waals surface area contributed by atoms with Crippen LogP contribution in [0.15, 0.2) is 21.0 Å². The normalized spacial score (nSPS) is 14.1. The van der Waals surface area contributed by atoms with Crippen LogP contribution in [0.25, 0.3) is 11.1 Å². The van der Waals surface area contributed by atoms with Crippen molar-refractivity contribution in [3.05, 3.63) is 22.5 Å². The van der Waals surface area contributed by atoms with Crippen LogP contribution in [0.3, 0.4) is 0 Å². The summed E-state index contributed by atoms with van der Waals surface area (Å²) in [7, 11) is -3.24. The van der Waals surface area contributed by atoms with E-state index < -0.39 is 15.1 Å². The molecule has 1 aromatic heterocycles. The molecule has 5 nitrogen and oxygen atoms in total. The first-order chi connectivity index (χ1) is 7.79. The Kier molecular flexibility index (Phi) is 2.90. The number of rotatable bonds is 2. The number of hydrogen-bond donors (Lipinski definition) is 1. The fourth-order valence-corrected chi connectivity index (χ4v) is 2.33. The van der Waals surface area contributed by atoms with E-state index in [1.165, 1.54) is 6.92 Å². The number of sulfone groups is 1. The molecule has 1 heterocycles. The summed E-state index contributed by atoms with van der Waals surface area (Å²) in [4.78, 5) is 4.14. The third-order valence-corrected chi connectivity index (χ3v) is 4.43. The third-order valence-electron chi connectivity index (χ3n) is 2.49. The van der Waals surface area contributed by atoms with Gasteiger partial charge in [0.25, 0.3) is 0 Å². The second kappa shape index (κ2) is 3.99. The maximum Gasteiger partial charge on any atom is 0.213 e. The van der Waals surface area contributed by atoms with Crippen LogP contribution in [0, 0.1) is 0 Å². The summed E-state index contributed by atoms with van der Waals surface area (Å²) in [6.07, 6.45) is 1.14. The standard InChI is InChI=1S/C10H11BrN2O3S/c1-5(17(2,14)15)10-13-8-4-6(11)3-7(12)9(8)16-10/h3-5H,12H2,1-2H3. The van der Waals surface area contributed by atoms with Crippen molar-refractivity contribution in [3.8, 4) is 0 Å². The van der Waals surface area contributed by atoms with E-state index >= 15 is 0 Å². The van der Waals surface area contributed by atoms with E-state index in [9.17, 15) is 8.42 Å². The molecule has 1 atom stereocenters. The molecule has 2 N–H and O–H groups in total. The second-order valence-corrected chi connectivity index (χ2v) is 7.15. The highest BCUT2D eigenvalue weighted by Crippen LogP contribution is 2.30. The first-order valence-electron chi connectivity index (χ1n) is 4.83. The van der Waals surface area contributed by atoms with E-state index in [-0.39, 0.29) is 5.89 Å². The van der Waals surface area contributed by atoms with E-state index in [4.69, 9.17) is 10.2 Å². The fourth-order valence-electron chi connectivity index (χ4n) is 1.40. The van der Waals surface area contributed by atoms with Crippen LogP contribution in [0.5, 0.6) is 0 Å². The number of oxazole rings is 1. The number of nitrogens with zero attached hydrogens (tertiary/aromatic N) is 1. The molecule has 0 fully saturated rings. The molecule has 0 saturated carbocycles. The predicted molar refractivity (Wildman–Crippen MR) is 69.4 cm³/mol. The molecule has 0 spiro atoms. The van der Waals surface area contributed by atoms with Gasteiger partial charge < -0.3 is 10.2 Å². The van der Waals surface area contributed by atoms with Crippen LogP contribution in [0.4, 0.5) is 5.69 Å². The van der Waals surface area contributed by atoms with Crippen molar-refractivity contribution in [3.63, 3.8) is 0 Å². The Labute approximate surface area is 107 Å². The first kappa shape index (κ1) is 12.4. The number of anilines is 1. The van der Waals surface area contributed by atoms with Gasteiger partial charge in [-0.3, -0.25) is 0 Å². The van der Waals surface area contributed by atoms with Crippen molar-refractivity contribution >= 4 is 42.6 Å². The third kappa shape index (κ3) is 2.30. The van der Waals surface area contributed by atoms with Crippen LogP contribution >= 0.6 is 15.9 Å².